The van der Waals surface area contributed by atoms with E-state index >= 15 is 0 Å². The highest BCUT2D eigenvalue weighted by atomic mass is 32.2. The van der Waals surface area contributed by atoms with Crippen LogP contribution in [0.3, 0.4) is 0 Å². The third kappa shape index (κ3) is 4.26. The van der Waals surface area contributed by atoms with E-state index in [4.69, 9.17) is 0 Å². The average molecular weight is 414 g/mol. The Balaban J connectivity index is 1.31. The molecule has 0 spiro atoms. The van der Waals surface area contributed by atoms with Crippen LogP contribution in [0.5, 0.6) is 0 Å². The van der Waals surface area contributed by atoms with Crippen LogP contribution >= 0.6 is 11.8 Å². The maximum absolute atomic E-state index is 12.1. The summed E-state index contributed by atoms with van der Waals surface area (Å²) in [4.78, 5) is 40.5. The number of hydrogen-bond donors (Lipinski definition) is 2. The van der Waals surface area contributed by atoms with Gasteiger partial charge in [-0.05, 0) is 37.7 Å². The molecule has 1 aliphatic heterocycles. The summed E-state index contributed by atoms with van der Waals surface area (Å²) in [6, 6.07) is 3.95. The predicted molar refractivity (Wildman–Crippen MR) is 112 cm³/mol. The number of likely N-dealkylation sites (N-methyl/N-ethyl adjacent to an activating group) is 1. The normalized spacial score (nSPS) is 21.7. The molecule has 1 aliphatic carbocycles. The van der Waals surface area contributed by atoms with Crippen LogP contribution in [0, 0.1) is 0 Å². The Labute approximate surface area is 173 Å². The van der Waals surface area contributed by atoms with Gasteiger partial charge in [-0.2, -0.15) is 0 Å². The molecule has 2 aliphatic rings. The van der Waals surface area contributed by atoms with Crippen molar-refractivity contribution in [2.24, 2.45) is 0 Å². The highest BCUT2D eigenvalue weighted by Gasteiger charge is 2.34. The molecular weight excluding hydrogens is 390 g/mol. The third-order valence-corrected chi connectivity index (χ3v) is 5.91. The molecule has 0 unspecified atom stereocenters. The number of imide groups is 1. The molecule has 2 N–H and O–H groups in total. The lowest BCUT2D eigenvalue weighted by molar-refractivity contribution is -0.123. The number of nitrogens with one attached hydrogen (secondary N) is 2. The van der Waals surface area contributed by atoms with Gasteiger partial charge in [-0.25, -0.2) is 19.7 Å². The second-order valence-electron chi connectivity index (χ2n) is 7.17. The van der Waals surface area contributed by atoms with E-state index in [9.17, 15) is 9.59 Å². The van der Waals surface area contributed by atoms with Gasteiger partial charge in [0.1, 0.15) is 12.4 Å². The van der Waals surface area contributed by atoms with E-state index in [-0.39, 0.29) is 18.5 Å². The summed E-state index contributed by atoms with van der Waals surface area (Å²) in [7, 11) is 1.49. The topological polar surface area (TPSA) is 103 Å². The number of carbonyl (C=O) groups excluding carboxylic acids is 2. The predicted octanol–water partition coefficient (Wildman–Crippen LogP) is 2.44. The van der Waals surface area contributed by atoms with Gasteiger partial charge in [0.2, 0.25) is 11.9 Å². The quantitative estimate of drug-likeness (QED) is 0.550. The van der Waals surface area contributed by atoms with Crippen LogP contribution in [0.4, 0.5) is 22.2 Å². The SMILES string of the molecule is CSc1cnc(N[C@H]2CC[C@@H](Nc3ccc(N4CC(=O)N(C)C4=O)cn3)C2)nc1. The molecule has 3 heterocycles. The molecule has 3 amide bonds. The molecule has 0 radical (unpaired) electrons. The smallest absolute Gasteiger partial charge is 0.331 e. The molecular formula is C19H23N7O2S. The first kappa shape index (κ1) is 19.4. The fourth-order valence-electron chi connectivity index (χ4n) is 3.56. The van der Waals surface area contributed by atoms with Crippen molar-refractivity contribution in [2.75, 3.05) is 35.4 Å². The van der Waals surface area contributed by atoms with E-state index in [1.807, 2.05) is 30.8 Å². The third-order valence-electron chi connectivity index (χ3n) is 5.23. The lowest BCUT2D eigenvalue weighted by Crippen LogP contribution is -2.29. The van der Waals surface area contributed by atoms with E-state index < -0.39 is 0 Å². The number of nitrogens with zero attached hydrogens (tertiary/aromatic N) is 5. The summed E-state index contributed by atoms with van der Waals surface area (Å²) in [6.45, 7) is 0.0553. The number of pyridine rings is 1. The largest absolute Gasteiger partial charge is 0.367 e. The first-order chi connectivity index (χ1) is 14.0. The number of urea groups is 1. The molecule has 2 aromatic heterocycles. The average Bonchev–Trinajstić information content (AvgIpc) is 3.28. The van der Waals surface area contributed by atoms with Crippen LogP contribution in [0.1, 0.15) is 19.3 Å². The Morgan fingerprint density at radius 2 is 1.76 bits per heavy atom. The molecule has 152 valence electrons. The van der Waals surface area contributed by atoms with Crippen LogP contribution < -0.4 is 15.5 Å². The van der Waals surface area contributed by atoms with Crippen LogP contribution in [-0.4, -0.2) is 63.7 Å². The standard InChI is InChI=1S/C19H23N7O2S/c1-25-17(27)11-26(19(25)28)14-5-6-16(20-8-14)23-12-3-4-13(7-12)24-18-21-9-15(29-2)10-22-18/h5-6,8-10,12-13H,3-4,7,11H2,1-2H3,(H,20,23)(H,21,22,24)/t12-,13+/m1/s1. The Morgan fingerprint density at radius 3 is 2.34 bits per heavy atom. The van der Waals surface area contributed by atoms with Gasteiger partial charge < -0.3 is 10.6 Å². The Morgan fingerprint density at radius 1 is 1.03 bits per heavy atom. The molecule has 4 rings (SSSR count). The summed E-state index contributed by atoms with van der Waals surface area (Å²) >= 11 is 1.62. The zero-order valence-electron chi connectivity index (χ0n) is 16.3. The van der Waals surface area contributed by atoms with Gasteiger partial charge in [-0.15, -0.1) is 11.8 Å². The Kier molecular flexibility index (Phi) is 5.52. The number of amides is 3. The van der Waals surface area contributed by atoms with Crippen molar-refractivity contribution in [1.29, 1.82) is 0 Å². The van der Waals surface area contributed by atoms with E-state index in [2.05, 4.69) is 25.6 Å². The minimum atomic E-state index is -0.324. The number of hydrogen-bond acceptors (Lipinski definition) is 8. The van der Waals surface area contributed by atoms with Crippen LogP contribution in [0.25, 0.3) is 0 Å². The highest BCUT2D eigenvalue weighted by molar-refractivity contribution is 7.98. The van der Waals surface area contributed by atoms with Gasteiger partial charge in [0.15, 0.2) is 0 Å². The minimum Gasteiger partial charge on any atom is -0.367 e. The molecule has 2 fully saturated rings. The van der Waals surface area contributed by atoms with Crippen LogP contribution in [0.2, 0.25) is 0 Å². The van der Waals surface area contributed by atoms with E-state index in [0.29, 0.717) is 23.7 Å². The second-order valence-corrected chi connectivity index (χ2v) is 8.04. The summed E-state index contributed by atoms with van der Waals surface area (Å²) in [5.41, 5.74) is 0.620. The van der Waals surface area contributed by atoms with E-state index in [0.717, 1.165) is 34.9 Å². The second kappa shape index (κ2) is 8.24. The zero-order valence-corrected chi connectivity index (χ0v) is 17.1. The van der Waals surface area contributed by atoms with Crippen molar-refractivity contribution in [3.63, 3.8) is 0 Å². The number of thioether (sulfide) groups is 1. The molecule has 2 aromatic rings. The minimum absolute atomic E-state index is 0.0553. The molecule has 0 bridgehead atoms. The Hall–Kier alpha value is -2.88. The first-order valence-corrected chi connectivity index (χ1v) is 10.7. The zero-order chi connectivity index (χ0) is 20.4. The van der Waals surface area contributed by atoms with Crippen molar-refractivity contribution in [3.8, 4) is 0 Å². The van der Waals surface area contributed by atoms with Gasteiger partial charge >= 0.3 is 6.03 Å². The number of aromatic nitrogens is 3. The van der Waals surface area contributed by atoms with Gasteiger partial charge in [-0.3, -0.25) is 14.6 Å². The summed E-state index contributed by atoms with van der Waals surface area (Å²) in [5, 5.41) is 6.84. The summed E-state index contributed by atoms with van der Waals surface area (Å²) in [6.07, 6.45) is 10.3. The van der Waals surface area contributed by atoms with Crippen molar-refractivity contribution in [3.05, 3.63) is 30.7 Å². The summed E-state index contributed by atoms with van der Waals surface area (Å²) < 4.78 is 0. The summed E-state index contributed by atoms with van der Waals surface area (Å²) in [5.74, 6) is 1.20. The lowest BCUT2D eigenvalue weighted by atomic mass is 10.2. The highest BCUT2D eigenvalue weighted by Crippen LogP contribution is 2.26. The van der Waals surface area contributed by atoms with Crippen LogP contribution in [-0.2, 0) is 4.79 Å². The first-order valence-electron chi connectivity index (χ1n) is 9.46. The molecule has 1 saturated carbocycles. The van der Waals surface area contributed by atoms with E-state index in [1.54, 1.807) is 18.0 Å². The van der Waals surface area contributed by atoms with Crippen molar-refractivity contribution in [2.45, 2.75) is 36.2 Å². The van der Waals surface area contributed by atoms with Crippen molar-refractivity contribution in [1.82, 2.24) is 19.9 Å². The van der Waals surface area contributed by atoms with Gasteiger partial charge in [-0.1, -0.05) is 0 Å². The molecule has 9 nitrogen and oxygen atoms in total. The maximum atomic E-state index is 12.1. The van der Waals surface area contributed by atoms with Gasteiger partial charge in [0.05, 0.1) is 11.9 Å². The Bertz CT molecular complexity index is 890. The molecule has 10 heteroatoms. The lowest BCUT2D eigenvalue weighted by Gasteiger charge is -2.17. The van der Waals surface area contributed by atoms with Crippen LogP contribution in [0.15, 0.2) is 35.6 Å². The van der Waals surface area contributed by atoms with Crippen molar-refractivity contribution >= 4 is 41.2 Å². The number of anilines is 3. The van der Waals surface area contributed by atoms with E-state index in [1.165, 1.54) is 11.9 Å². The monoisotopic (exact) mass is 413 g/mol. The van der Waals surface area contributed by atoms with Gasteiger partial charge in [0.25, 0.3) is 0 Å². The fourth-order valence-corrected chi connectivity index (χ4v) is 3.88. The molecule has 2 atom stereocenters. The number of carbonyl (C=O) groups is 2. The van der Waals surface area contributed by atoms with Crippen molar-refractivity contribution < 1.29 is 9.59 Å². The maximum Gasteiger partial charge on any atom is 0.331 e. The fraction of sp³-hybridized carbons (Fsp3) is 0.421. The molecule has 0 aromatic carbocycles. The molecule has 29 heavy (non-hydrogen) atoms. The molecule has 1 saturated heterocycles. The van der Waals surface area contributed by atoms with Gasteiger partial charge in [0, 0.05) is 36.4 Å². The number of rotatable bonds is 6.